The number of methoxy groups -OCH3 is 1. The minimum Gasteiger partial charge on any atom is -0.493 e. The SMILES string of the molecule is CCNC(=O)COc1ccc(CNC(=O)CN2CCCCCC2=O)cc1OC. The van der Waals surface area contributed by atoms with Gasteiger partial charge in [0.25, 0.3) is 5.91 Å². The molecule has 8 heteroatoms. The highest BCUT2D eigenvalue weighted by molar-refractivity contribution is 5.84. The number of likely N-dealkylation sites (N-methyl/N-ethyl adjacent to an activating group) is 1. The van der Waals surface area contributed by atoms with Crippen LogP contribution in [0.15, 0.2) is 18.2 Å². The van der Waals surface area contributed by atoms with Gasteiger partial charge in [0.2, 0.25) is 11.8 Å². The number of nitrogens with one attached hydrogen (secondary N) is 2. The molecule has 0 saturated carbocycles. The molecule has 0 aromatic heterocycles. The van der Waals surface area contributed by atoms with Gasteiger partial charge in [0.1, 0.15) is 0 Å². The Labute approximate surface area is 165 Å². The maximum Gasteiger partial charge on any atom is 0.257 e. The Bertz CT molecular complexity index is 692. The Morgan fingerprint density at radius 3 is 2.68 bits per heavy atom. The van der Waals surface area contributed by atoms with Crippen LogP contribution in [0.5, 0.6) is 11.5 Å². The second-order valence-electron chi connectivity index (χ2n) is 6.63. The van der Waals surface area contributed by atoms with Crippen LogP contribution in [0, 0.1) is 0 Å². The van der Waals surface area contributed by atoms with E-state index in [0.29, 0.717) is 37.6 Å². The zero-order valence-corrected chi connectivity index (χ0v) is 16.6. The molecule has 1 aliphatic rings. The Morgan fingerprint density at radius 1 is 1.11 bits per heavy atom. The number of carbonyl (C=O) groups is 3. The number of amides is 3. The Kier molecular flexibility index (Phi) is 8.58. The average Bonchev–Trinajstić information content (AvgIpc) is 2.89. The van der Waals surface area contributed by atoms with Crippen LogP contribution >= 0.6 is 0 Å². The molecular formula is C20H29N3O5. The Balaban J connectivity index is 1.86. The summed E-state index contributed by atoms with van der Waals surface area (Å²) in [4.78, 5) is 37.3. The molecule has 1 heterocycles. The molecule has 3 amide bonds. The molecule has 0 unspecified atom stereocenters. The van der Waals surface area contributed by atoms with Crippen molar-refractivity contribution in [2.45, 2.75) is 39.2 Å². The highest BCUT2D eigenvalue weighted by Crippen LogP contribution is 2.28. The number of hydrogen-bond acceptors (Lipinski definition) is 5. The Hall–Kier alpha value is -2.77. The van der Waals surface area contributed by atoms with Gasteiger partial charge in [0.05, 0.1) is 13.7 Å². The maximum absolute atomic E-state index is 12.2. The second kappa shape index (κ2) is 11.2. The fraction of sp³-hybridized carbons (Fsp3) is 0.550. The highest BCUT2D eigenvalue weighted by atomic mass is 16.5. The summed E-state index contributed by atoms with van der Waals surface area (Å²) in [7, 11) is 1.52. The molecule has 0 bridgehead atoms. The molecule has 1 aromatic carbocycles. The molecule has 2 N–H and O–H groups in total. The molecule has 0 radical (unpaired) electrons. The predicted octanol–water partition coefficient (Wildman–Crippen LogP) is 1.23. The molecule has 1 aliphatic heterocycles. The van der Waals surface area contributed by atoms with Gasteiger partial charge in [-0.3, -0.25) is 14.4 Å². The van der Waals surface area contributed by atoms with Crippen LogP contribution in [-0.2, 0) is 20.9 Å². The fourth-order valence-electron chi connectivity index (χ4n) is 2.97. The lowest BCUT2D eigenvalue weighted by molar-refractivity contribution is -0.135. The van der Waals surface area contributed by atoms with E-state index in [4.69, 9.17) is 9.47 Å². The number of benzene rings is 1. The van der Waals surface area contributed by atoms with Crippen molar-refractivity contribution in [1.29, 1.82) is 0 Å². The van der Waals surface area contributed by atoms with Gasteiger partial charge in [0, 0.05) is 26.1 Å². The van der Waals surface area contributed by atoms with Crippen LogP contribution in [0.2, 0.25) is 0 Å². The summed E-state index contributed by atoms with van der Waals surface area (Å²) in [6.07, 6.45) is 3.37. The van der Waals surface area contributed by atoms with Crippen molar-refractivity contribution in [3.05, 3.63) is 23.8 Å². The van der Waals surface area contributed by atoms with E-state index in [-0.39, 0.29) is 30.9 Å². The molecule has 1 aromatic rings. The summed E-state index contributed by atoms with van der Waals surface area (Å²) in [5, 5.41) is 5.49. The van der Waals surface area contributed by atoms with Crippen molar-refractivity contribution in [2.75, 3.05) is 33.4 Å². The summed E-state index contributed by atoms with van der Waals surface area (Å²) < 4.78 is 10.8. The van der Waals surface area contributed by atoms with Crippen molar-refractivity contribution < 1.29 is 23.9 Å². The number of hydrogen-bond donors (Lipinski definition) is 2. The van der Waals surface area contributed by atoms with Crippen molar-refractivity contribution in [3.8, 4) is 11.5 Å². The van der Waals surface area contributed by atoms with Crippen molar-refractivity contribution in [1.82, 2.24) is 15.5 Å². The first kappa shape index (κ1) is 21.5. The number of carbonyl (C=O) groups excluding carboxylic acids is 3. The molecule has 154 valence electrons. The summed E-state index contributed by atoms with van der Waals surface area (Å²) >= 11 is 0. The number of nitrogens with zero attached hydrogens (tertiary/aromatic N) is 1. The van der Waals surface area contributed by atoms with Crippen LogP contribution < -0.4 is 20.1 Å². The quantitative estimate of drug-likeness (QED) is 0.660. The van der Waals surface area contributed by atoms with Gasteiger partial charge in [-0.15, -0.1) is 0 Å². The van der Waals surface area contributed by atoms with Crippen LogP contribution in [-0.4, -0.2) is 56.0 Å². The van der Waals surface area contributed by atoms with E-state index >= 15 is 0 Å². The van der Waals surface area contributed by atoms with Crippen LogP contribution in [0.3, 0.4) is 0 Å². The average molecular weight is 391 g/mol. The molecular weight excluding hydrogens is 362 g/mol. The zero-order chi connectivity index (χ0) is 20.4. The van der Waals surface area contributed by atoms with Gasteiger partial charge in [-0.2, -0.15) is 0 Å². The molecule has 2 rings (SSSR count). The third kappa shape index (κ3) is 6.75. The second-order valence-corrected chi connectivity index (χ2v) is 6.63. The fourth-order valence-corrected chi connectivity index (χ4v) is 2.97. The summed E-state index contributed by atoms with van der Waals surface area (Å²) in [5.41, 5.74) is 0.831. The predicted molar refractivity (Wildman–Crippen MR) is 104 cm³/mol. The molecule has 1 saturated heterocycles. The summed E-state index contributed by atoms with van der Waals surface area (Å²) in [5.74, 6) is 0.593. The lowest BCUT2D eigenvalue weighted by atomic mass is 10.2. The summed E-state index contributed by atoms with van der Waals surface area (Å²) in [6.45, 7) is 3.32. The van der Waals surface area contributed by atoms with Crippen molar-refractivity contribution in [3.63, 3.8) is 0 Å². The van der Waals surface area contributed by atoms with Gasteiger partial charge >= 0.3 is 0 Å². The van der Waals surface area contributed by atoms with Crippen LogP contribution in [0.1, 0.15) is 38.2 Å². The smallest absolute Gasteiger partial charge is 0.257 e. The van der Waals surface area contributed by atoms with E-state index in [1.807, 2.05) is 6.92 Å². The van der Waals surface area contributed by atoms with E-state index < -0.39 is 0 Å². The molecule has 8 nitrogen and oxygen atoms in total. The van der Waals surface area contributed by atoms with Gasteiger partial charge in [-0.25, -0.2) is 0 Å². The monoisotopic (exact) mass is 391 g/mol. The molecule has 1 fully saturated rings. The first-order valence-corrected chi connectivity index (χ1v) is 9.64. The first-order chi connectivity index (χ1) is 13.5. The number of likely N-dealkylation sites (tertiary alicyclic amines) is 1. The van der Waals surface area contributed by atoms with Gasteiger partial charge in [-0.05, 0) is 37.5 Å². The van der Waals surface area contributed by atoms with Crippen molar-refractivity contribution >= 4 is 17.7 Å². The normalized spacial score (nSPS) is 14.2. The highest BCUT2D eigenvalue weighted by Gasteiger charge is 2.19. The third-order valence-corrected chi connectivity index (χ3v) is 4.46. The zero-order valence-electron chi connectivity index (χ0n) is 16.6. The van der Waals surface area contributed by atoms with E-state index in [2.05, 4.69) is 10.6 Å². The van der Waals surface area contributed by atoms with E-state index in [1.54, 1.807) is 23.1 Å². The van der Waals surface area contributed by atoms with Crippen LogP contribution in [0.4, 0.5) is 0 Å². The van der Waals surface area contributed by atoms with Gasteiger partial charge < -0.3 is 25.0 Å². The Morgan fingerprint density at radius 2 is 1.93 bits per heavy atom. The lowest BCUT2D eigenvalue weighted by Gasteiger charge is -2.20. The maximum atomic E-state index is 12.2. The number of rotatable bonds is 9. The number of ether oxygens (including phenoxy) is 2. The summed E-state index contributed by atoms with van der Waals surface area (Å²) in [6, 6.07) is 5.26. The third-order valence-electron chi connectivity index (χ3n) is 4.46. The van der Waals surface area contributed by atoms with Gasteiger partial charge in [-0.1, -0.05) is 12.5 Å². The van der Waals surface area contributed by atoms with E-state index in [9.17, 15) is 14.4 Å². The van der Waals surface area contributed by atoms with Crippen molar-refractivity contribution in [2.24, 2.45) is 0 Å². The largest absolute Gasteiger partial charge is 0.493 e. The van der Waals surface area contributed by atoms with Gasteiger partial charge in [0.15, 0.2) is 18.1 Å². The standard InChI is InChI=1S/C20H29N3O5/c1-3-21-19(25)14-28-16-9-8-15(11-17(16)27-2)12-22-18(24)13-23-10-6-4-5-7-20(23)26/h8-9,11H,3-7,10,12-14H2,1-2H3,(H,21,25)(H,22,24). The van der Waals surface area contributed by atoms with Crippen LogP contribution in [0.25, 0.3) is 0 Å². The molecule has 0 atom stereocenters. The minimum atomic E-state index is -0.205. The molecule has 0 spiro atoms. The van der Waals surface area contributed by atoms with E-state index in [1.165, 1.54) is 7.11 Å². The van der Waals surface area contributed by atoms with E-state index in [0.717, 1.165) is 24.8 Å². The molecule has 0 aliphatic carbocycles. The lowest BCUT2D eigenvalue weighted by Crippen LogP contribution is -2.40. The first-order valence-electron chi connectivity index (χ1n) is 9.64. The minimum absolute atomic E-state index is 0.0444. The molecule has 28 heavy (non-hydrogen) atoms. The topological polar surface area (TPSA) is 97.0 Å².